The molecule has 1 N–H and O–H groups in total. The van der Waals surface area contributed by atoms with Crippen molar-refractivity contribution in [2.24, 2.45) is 5.92 Å². The summed E-state index contributed by atoms with van der Waals surface area (Å²) in [6.07, 6.45) is 2.65. The topological polar surface area (TPSA) is 54.4 Å². The number of thioether (sulfide) groups is 1. The first-order chi connectivity index (χ1) is 8.16. The molecule has 0 radical (unpaired) electrons. The van der Waals surface area contributed by atoms with Gasteiger partial charge < -0.3 is 5.11 Å². The summed E-state index contributed by atoms with van der Waals surface area (Å²) in [7, 11) is 0. The van der Waals surface area contributed by atoms with Gasteiger partial charge >= 0.3 is 5.97 Å². The zero-order valence-corrected chi connectivity index (χ0v) is 10.2. The van der Waals surface area contributed by atoms with Crippen molar-refractivity contribution in [3.05, 3.63) is 35.4 Å². The summed E-state index contributed by atoms with van der Waals surface area (Å²) >= 11 is 1.40. The van der Waals surface area contributed by atoms with E-state index < -0.39 is 5.97 Å². The van der Waals surface area contributed by atoms with Crippen LogP contribution in [0.1, 0.15) is 28.8 Å². The van der Waals surface area contributed by atoms with Gasteiger partial charge in [-0.2, -0.15) is 0 Å². The summed E-state index contributed by atoms with van der Waals surface area (Å²) in [6.45, 7) is 0. The maximum Gasteiger partial charge on any atom is 0.335 e. The van der Waals surface area contributed by atoms with Crippen molar-refractivity contribution >= 4 is 22.8 Å². The molecule has 1 aromatic rings. The maximum absolute atomic E-state index is 11.7. The minimum Gasteiger partial charge on any atom is -0.478 e. The molecule has 0 aliphatic carbocycles. The first-order valence-electron chi connectivity index (χ1n) is 5.65. The average Bonchev–Trinajstić information content (AvgIpc) is 2.32. The first kappa shape index (κ1) is 12.2. The van der Waals surface area contributed by atoms with Crippen LogP contribution in [-0.2, 0) is 11.2 Å². The second-order valence-electron chi connectivity index (χ2n) is 4.22. The van der Waals surface area contributed by atoms with Gasteiger partial charge in [0.1, 0.15) is 0 Å². The quantitative estimate of drug-likeness (QED) is 0.896. The van der Waals surface area contributed by atoms with Gasteiger partial charge in [-0.05, 0) is 37.0 Å². The molecule has 0 unspecified atom stereocenters. The van der Waals surface area contributed by atoms with Crippen molar-refractivity contribution < 1.29 is 14.7 Å². The Labute approximate surface area is 104 Å². The summed E-state index contributed by atoms with van der Waals surface area (Å²) in [5, 5.41) is 9.14. The van der Waals surface area contributed by atoms with E-state index in [1.54, 1.807) is 18.2 Å². The minimum absolute atomic E-state index is 0.0535. The van der Waals surface area contributed by atoms with Crippen LogP contribution < -0.4 is 0 Å². The first-order valence-corrected chi connectivity index (χ1v) is 6.64. The van der Waals surface area contributed by atoms with Gasteiger partial charge in [0.05, 0.1) is 5.56 Å². The molecule has 0 spiro atoms. The van der Waals surface area contributed by atoms with Crippen LogP contribution in [0.5, 0.6) is 0 Å². The van der Waals surface area contributed by atoms with Gasteiger partial charge in [-0.3, -0.25) is 4.79 Å². The Morgan fingerprint density at radius 3 is 3.00 bits per heavy atom. The molecule has 1 atom stereocenters. The number of rotatable bonds is 3. The van der Waals surface area contributed by atoms with E-state index in [4.69, 9.17) is 5.11 Å². The largest absolute Gasteiger partial charge is 0.478 e. The Bertz CT molecular complexity index is 442. The van der Waals surface area contributed by atoms with E-state index in [1.807, 2.05) is 6.07 Å². The van der Waals surface area contributed by atoms with Crippen LogP contribution in [0.4, 0.5) is 0 Å². The van der Waals surface area contributed by atoms with E-state index in [9.17, 15) is 9.59 Å². The predicted octanol–water partition coefficient (Wildman–Crippen LogP) is 2.60. The number of carbonyl (C=O) groups excluding carboxylic acids is 1. The Kier molecular flexibility index (Phi) is 3.84. The zero-order valence-electron chi connectivity index (χ0n) is 9.39. The summed E-state index contributed by atoms with van der Waals surface area (Å²) in [6, 6.07) is 6.86. The highest BCUT2D eigenvalue weighted by atomic mass is 32.2. The third kappa shape index (κ3) is 3.09. The van der Waals surface area contributed by atoms with Gasteiger partial charge in [-0.1, -0.05) is 23.9 Å². The SMILES string of the molecule is O=C(O)c1cccc(C[C@H]2CCCSC2=O)c1. The molecule has 0 aromatic heterocycles. The molecule has 0 saturated carbocycles. The highest BCUT2D eigenvalue weighted by Gasteiger charge is 2.23. The van der Waals surface area contributed by atoms with E-state index in [1.165, 1.54) is 11.8 Å². The van der Waals surface area contributed by atoms with Gasteiger partial charge in [0, 0.05) is 11.7 Å². The fourth-order valence-corrected chi connectivity index (χ4v) is 2.99. The lowest BCUT2D eigenvalue weighted by atomic mass is 9.95. The van der Waals surface area contributed by atoms with E-state index >= 15 is 0 Å². The second-order valence-corrected chi connectivity index (χ2v) is 5.32. The molecule has 1 aliphatic heterocycles. The highest BCUT2D eigenvalue weighted by molar-refractivity contribution is 8.13. The monoisotopic (exact) mass is 250 g/mol. The van der Waals surface area contributed by atoms with Crippen molar-refractivity contribution in [2.45, 2.75) is 19.3 Å². The van der Waals surface area contributed by atoms with E-state index in [2.05, 4.69) is 0 Å². The second kappa shape index (κ2) is 5.36. The van der Waals surface area contributed by atoms with E-state index in [-0.39, 0.29) is 11.0 Å². The molecule has 2 rings (SSSR count). The van der Waals surface area contributed by atoms with Gasteiger partial charge in [0.25, 0.3) is 0 Å². The summed E-state index contributed by atoms with van der Waals surface area (Å²) in [4.78, 5) is 22.5. The van der Waals surface area contributed by atoms with Crippen LogP contribution >= 0.6 is 11.8 Å². The van der Waals surface area contributed by atoms with Gasteiger partial charge in [0.2, 0.25) is 0 Å². The standard InChI is InChI=1S/C13H14O3S/c14-12(15)10-4-1-3-9(7-10)8-11-5-2-6-17-13(11)16/h1,3-4,7,11H,2,5-6,8H2,(H,14,15)/t11-/m1/s1. The molecule has 1 aromatic carbocycles. The van der Waals surface area contributed by atoms with Gasteiger partial charge in [0.15, 0.2) is 5.12 Å². The fourth-order valence-electron chi connectivity index (χ4n) is 2.04. The molecule has 1 fully saturated rings. The molecule has 3 nitrogen and oxygen atoms in total. The van der Waals surface area contributed by atoms with Crippen molar-refractivity contribution in [3.8, 4) is 0 Å². The number of benzene rings is 1. The van der Waals surface area contributed by atoms with Crippen molar-refractivity contribution in [2.75, 3.05) is 5.75 Å². The molecule has 90 valence electrons. The summed E-state index contributed by atoms with van der Waals surface area (Å²) in [5.41, 5.74) is 1.23. The Balaban J connectivity index is 2.09. The molecule has 4 heteroatoms. The number of aromatic carboxylic acids is 1. The minimum atomic E-state index is -0.920. The Morgan fingerprint density at radius 2 is 2.29 bits per heavy atom. The maximum atomic E-state index is 11.7. The lowest BCUT2D eigenvalue weighted by Crippen LogP contribution is -2.19. The van der Waals surface area contributed by atoms with Crippen LogP contribution in [-0.4, -0.2) is 21.9 Å². The van der Waals surface area contributed by atoms with Crippen LogP contribution in [0, 0.1) is 5.92 Å². The van der Waals surface area contributed by atoms with Gasteiger partial charge in [-0.15, -0.1) is 0 Å². The van der Waals surface area contributed by atoms with Crippen molar-refractivity contribution in [1.29, 1.82) is 0 Å². The van der Waals surface area contributed by atoms with Crippen molar-refractivity contribution in [1.82, 2.24) is 0 Å². The zero-order chi connectivity index (χ0) is 12.3. The summed E-state index contributed by atoms with van der Waals surface area (Å²) in [5.74, 6) is 0.0545. The van der Waals surface area contributed by atoms with E-state index in [0.29, 0.717) is 12.0 Å². The Hall–Kier alpha value is -1.29. The number of hydrogen-bond donors (Lipinski definition) is 1. The molecular formula is C13H14O3S. The number of carboxylic acid groups (broad SMARTS) is 1. The number of carboxylic acids is 1. The average molecular weight is 250 g/mol. The number of hydrogen-bond acceptors (Lipinski definition) is 3. The van der Waals surface area contributed by atoms with Crippen LogP contribution in [0.25, 0.3) is 0 Å². The molecule has 0 bridgehead atoms. The molecule has 1 heterocycles. The molecule has 0 amide bonds. The van der Waals surface area contributed by atoms with Crippen LogP contribution in [0.2, 0.25) is 0 Å². The predicted molar refractivity (Wildman–Crippen MR) is 67.3 cm³/mol. The van der Waals surface area contributed by atoms with Crippen LogP contribution in [0.3, 0.4) is 0 Å². The smallest absolute Gasteiger partial charge is 0.335 e. The van der Waals surface area contributed by atoms with E-state index in [0.717, 1.165) is 24.2 Å². The third-order valence-corrected chi connectivity index (χ3v) is 4.04. The lowest BCUT2D eigenvalue weighted by molar-refractivity contribution is -0.114. The molecule has 1 aliphatic rings. The molecular weight excluding hydrogens is 236 g/mol. The fraction of sp³-hybridized carbons (Fsp3) is 0.385. The lowest BCUT2D eigenvalue weighted by Gasteiger charge is -2.19. The normalized spacial score (nSPS) is 20.2. The Morgan fingerprint density at radius 1 is 1.47 bits per heavy atom. The van der Waals surface area contributed by atoms with Crippen LogP contribution in [0.15, 0.2) is 24.3 Å². The molecule has 1 saturated heterocycles. The third-order valence-electron chi connectivity index (χ3n) is 2.93. The highest BCUT2D eigenvalue weighted by Crippen LogP contribution is 2.27. The van der Waals surface area contributed by atoms with Gasteiger partial charge in [-0.25, -0.2) is 4.79 Å². The number of carbonyl (C=O) groups is 2. The summed E-state index contributed by atoms with van der Waals surface area (Å²) < 4.78 is 0. The van der Waals surface area contributed by atoms with Crippen molar-refractivity contribution in [3.63, 3.8) is 0 Å². The molecule has 17 heavy (non-hydrogen) atoms.